The van der Waals surface area contributed by atoms with Crippen molar-refractivity contribution in [2.75, 3.05) is 20.7 Å². The molecule has 0 aliphatic rings. The molecule has 0 unspecified atom stereocenters. The van der Waals surface area contributed by atoms with Crippen LogP contribution in [0.4, 0.5) is 0 Å². The van der Waals surface area contributed by atoms with Crippen molar-refractivity contribution < 1.29 is 4.74 Å². The predicted molar refractivity (Wildman–Crippen MR) is 133 cm³/mol. The Morgan fingerprint density at radius 1 is 1.14 bits per heavy atom. The number of hydrogen-bond donors (Lipinski definition) is 2. The number of thiazole rings is 1. The Bertz CT molecular complexity index is 928. The van der Waals surface area contributed by atoms with Crippen molar-refractivity contribution in [2.24, 2.45) is 4.99 Å². The molecule has 0 amide bonds. The molecule has 0 radical (unpaired) electrons. The molecule has 0 saturated heterocycles. The minimum Gasteiger partial charge on any atom is -0.496 e. The molecule has 154 valence electrons. The monoisotopic (exact) mass is 522 g/mol. The molecule has 0 bridgehead atoms. The lowest BCUT2D eigenvalue weighted by atomic mass is 10.1. The molecule has 0 saturated carbocycles. The van der Waals surface area contributed by atoms with Gasteiger partial charge >= 0.3 is 0 Å². The van der Waals surface area contributed by atoms with Crippen LogP contribution in [0.5, 0.6) is 5.75 Å². The molecular formula is C22H27IN4OS. The van der Waals surface area contributed by atoms with Gasteiger partial charge in [0.25, 0.3) is 0 Å². The molecule has 0 aliphatic heterocycles. The summed E-state index contributed by atoms with van der Waals surface area (Å²) in [7, 11) is 3.47. The molecule has 0 fully saturated rings. The summed E-state index contributed by atoms with van der Waals surface area (Å²) < 4.78 is 5.46. The Kier molecular flexibility index (Phi) is 9.40. The molecule has 2 N–H and O–H groups in total. The van der Waals surface area contributed by atoms with E-state index in [-0.39, 0.29) is 24.0 Å². The van der Waals surface area contributed by atoms with Crippen LogP contribution < -0.4 is 15.4 Å². The van der Waals surface area contributed by atoms with E-state index < -0.39 is 0 Å². The van der Waals surface area contributed by atoms with E-state index in [0.29, 0.717) is 6.54 Å². The first-order valence-electron chi connectivity index (χ1n) is 9.27. The van der Waals surface area contributed by atoms with Crippen LogP contribution in [0.3, 0.4) is 0 Å². The van der Waals surface area contributed by atoms with Crippen LogP contribution in [-0.2, 0) is 13.0 Å². The van der Waals surface area contributed by atoms with Gasteiger partial charge in [-0.25, -0.2) is 4.98 Å². The lowest BCUT2D eigenvalue weighted by molar-refractivity contribution is 0.408. The van der Waals surface area contributed by atoms with Crippen molar-refractivity contribution in [1.29, 1.82) is 0 Å². The van der Waals surface area contributed by atoms with Crippen molar-refractivity contribution in [3.63, 3.8) is 0 Å². The van der Waals surface area contributed by atoms with Crippen LogP contribution in [0.2, 0.25) is 0 Å². The molecule has 1 aromatic heterocycles. The van der Waals surface area contributed by atoms with Crippen molar-refractivity contribution in [3.05, 3.63) is 70.7 Å². The van der Waals surface area contributed by atoms with E-state index in [1.165, 1.54) is 5.56 Å². The van der Waals surface area contributed by atoms with E-state index in [1.807, 2.05) is 24.3 Å². The highest BCUT2D eigenvalue weighted by molar-refractivity contribution is 14.0. The van der Waals surface area contributed by atoms with Crippen molar-refractivity contribution >= 4 is 41.3 Å². The van der Waals surface area contributed by atoms with E-state index in [1.54, 1.807) is 25.5 Å². The van der Waals surface area contributed by atoms with Gasteiger partial charge in [-0.2, -0.15) is 0 Å². The third-order valence-electron chi connectivity index (χ3n) is 4.36. The maximum Gasteiger partial charge on any atom is 0.191 e. The van der Waals surface area contributed by atoms with Crippen LogP contribution >= 0.6 is 35.3 Å². The number of methoxy groups -OCH3 is 1. The topological polar surface area (TPSA) is 58.5 Å². The largest absolute Gasteiger partial charge is 0.496 e. The summed E-state index contributed by atoms with van der Waals surface area (Å²) in [6.07, 6.45) is 0.845. The molecule has 0 spiro atoms. The number of guanidine groups is 1. The van der Waals surface area contributed by atoms with Crippen molar-refractivity contribution in [3.8, 4) is 16.3 Å². The summed E-state index contributed by atoms with van der Waals surface area (Å²) >= 11 is 1.68. The number of halogens is 1. The van der Waals surface area contributed by atoms with E-state index in [9.17, 15) is 0 Å². The quantitative estimate of drug-likeness (QED) is 0.270. The lowest BCUT2D eigenvalue weighted by Crippen LogP contribution is -2.37. The molecule has 0 aliphatic carbocycles. The summed E-state index contributed by atoms with van der Waals surface area (Å²) in [5, 5.41) is 9.87. The highest BCUT2D eigenvalue weighted by atomic mass is 127. The van der Waals surface area contributed by atoms with Gasteiger partial charge in [0.05, 0.1) is 12.8 Å². The summed E-state index contributed by atoms with van der Waals surface area (Å²) in [4.78, 5) is 9.03. The minimum atomic E-state index is 0. The van der Waals surface area contributed by atoms with Gasteiger partial charge in [0.2, 0.25) is 0 Å². The van der Waals surface area contributed by atoms with Gasteiger partial charge in [0, 0.05) is 43.1 Å². The number of aryl methyl sites for hydroxylation is 1. The van der Waals surface area contributed by atoms with Gasteiger partial charge in [-0.05, 0) is 18.6 Å². The normalized spacial score (nSPS) is 10.9. The average Bonchev–Trinajstić information content (AvgIpc) is 3.20. The van der Waals surface area contributed by atoms with Gasteiger partial charge in [0.15, 0.2) is 5.96 Å². The van der Waals surface area contributed by atoms with Crippen molar-refractivity contribution in [1.82, 2.24) is 15.6 Å². The molecular weight excluding hydrogens is 495 g/mol. The Morgan fingerprint density at radius 2 is 1.93 bits per heavy atom. The van der Waals surface area contributed by atoms with Gasteiger partial charge in [0.1, 0.15) is 10.8 Å². The number of benzene rings is 2. The maximum absolute atomic E-state index is 5.46. The molecule has 2 aromatic carbocycles. The second-order valence-corrected chi connectivity index (χ2v) is 7.29. The maximum atomic E-state index is 5.46. The number of aliphatic imine (C=N–C) groups is 1. The zero-order valence-corrected chi connectivity index (χ0v) is 20.1. The van der Waals surface area contributed by atoms with Crippen LogP contribution in [0, 0.1) is 6.92 Å². The Hall–Kier alpha value is -2.13. The van der Waals surface area contributed by atoms with Crippen LogP contribution in [-0.4, -0.2) is 31.6 Å². The summed E-state index contributed by atoms with van der Waals surface area (Å²) in [6, 6.07) is 16.5. The van der Waals surface area contributed by atoms with Crippen LogP contribution in [0.15, 0.2) is 58.9 Å². The smallest absolute Gasteiger partial charge is 0.191 e. The second-order valence-electron chi connectivity index (χ2n) is 6.43. The Balaban J connectivity index is 0.00000300. The minimum absolute atomic E-state index is 0. The van der Waals surface area contributed by atoms with Gasteiger partial charge in [-0.1, -0.05) is 42.5 Å². The number of ether oxygens (including phenoxy) is 1. The third-order valence-corrected chi connectivity index (χ3v) is 5.30. The first-order valence-corrected chi connectivity index (χ1v) is 10.2. The lowest BCUT2D eigenvalue weighted by Gasteiger charge is -2.14. The van der Waals surface area contributed by atoms with Crippen LogP contribution in [0.25, 0.3) is 10.6 Å². The highest BCUT2D eigenvalue weighted by Gasteiger charge is 2.06. The molecule has 1 heterocycles. The molecule has 0 atom stereocenters. The highest BCUT2D eigenvalue weighted by Crippen LogP contribution is 2.23. The number of nitrogens with one attached hydrogen (secondary N) is 2. The fourth-order valence-corrected chi connectivity index (χ4v) is 3.70. The van der Waals surface area contributed by atoms with E-state index >= 15 is 0 Å². The molecule has 3 rings (SSSR count). The van der Waals surface area contributed by atoms with E-state index in [2.05, 4.69) is 52.2 Å². The fraction of sp³-hybridized carbons (Fsp3) is 0.273. The number of rotatable bonds is 7. The molecule has 29 heavy (non-hydrogen) atoms. The molecule has 7 heteroatoms. The van der Waals surface area contributed by atoms with Gasteiger partial charge < -0.3 is 15.4 Å². The van der Waals surface area contributed by atoms with Gasteiger partial charge in [-0.3, -0.25) is 4.99 Å². The van der Waals surface area contributed by atoms with E-state index in [4.69, 9.17) is 9.72 Å². The fourth-order valence-electron chi connectivity index (χ4n) is 2.84. The Morgan fingerprint density at radius 3 is 2.66 bits per heavy atom. The average molecular weight is 522 g/mol. The SMILES string of the molecule is CN=C(NCCc1csc(-c2ccccc2)n1)NCc1ccc(C)cc1OC.I. The number of nitrogens with zero attached hydrogens (tertiary/aromatic N) is 2. The van der Waals surface area contributed by atoms with Crippen LogP contribution in [0.1, 0.15) is 16.8 Å². The Labute approximate surface area is 193 Å². The van der Waals surface area contributed by atoms with E-state index in [0.717, 1.165) is 46.5 Å². The standard InChI is InChI=1S/C22H26N4OS.HI/c1-16-9-10-18(20(13-16)27-3)14-25-22(23-2)24-12-11-19-15-28-21(26-19)17-7-5-4-6-8-17;/h4-10,13,15H,11-12,14H2,1-3H3,(H2,23,24,25);1H. The predicted octanol–water partition coefficient (Wildman–Crippen LogP) is 4.65. The second kappa shape index (κ2) is 11.8. The van der Waals surface area contributed by atoms with Crippen molar-refractivity contribution in [2.45, 2.75) is 19.9 Å². The zero-order chi connectivity index (χ0) is 19.8. The summed E-state index contributed by atoms with van der Waals surface area (Å²) in [6.45, 7) is 3.47. The zero-order valence-electron chi connectivity index (χ0n) is 16.9. The molecule has 3 aromatic rings. The summed E-state index contributed by atoms with van der Waals surface area (Å²) in [5.74, 6) is 1.65. The number of hydrogen-bond acceptors (Lipinski definition) is 4. The summed E-state index contributed by atoms with van der Waals surface area (Å²) in [5.41, 5.74) is 4.53. The first-order chi connectivity index (χ1) is 13.7. The van der Waals surface area contributed by atoms with Gasteiger partial charge in [-0.15, -0.1) is 35.3 Å². The number of aromatic nitrogens is 1. The first kappa shape index (κ1) is 23.2. The molecule has 5 nitrogen and oxygen atoms in total. The third kappa shape index (κ3) is 6.71.